The summed E-state index contributed by atoms with van der Waals surface area (Å²) >= 11 is 1.75. The number of hydrogen-bond acceptors (Lipinski definition) is 4. The van der Waals surface area contributed by atoms with Crippen LogP contribution in [0.15, 0.2) is 11.6 Å². The molecule has 1 saturated carbocycles. The van der Waals surface area contributed by atoms with Gasteiger partial charge in [-0.2, -0.15) is 0 Å². The normalized spacial score (nSPS) is 25.0. The highest BCUT2D eigenvalue weighted by Gasteiger charge is 2.32. The Bertz CT molecular complexity index is 340. The molecule has 1 unspecified atom stereocenters. The van der Waals surface area contributed by atoms with Crippen molar-refractivity contribution in [3.63, 3.8) is 0 Å². The molecule has 3 nitrogen and oxygen atoms in total. The summed E-state index contributed by atoms with van der Waals surface area (Å²) in [6.45, 7) is 4.80. The molecule has 0 bridgehead atoms. The highest BCUT2D eigenvalue weighted by molar-refractivity contribution is 7.09. The molecule has 1 saturated heterocycles. The van der Waals surface area contributed by atoms with E-state index in [0.29, 0.717) is 12.1 Å². The second kappa shape index (κ2) is 5.04. The van der Waals surface area contributed by atoms with Crippen LogP contribution in [0.25, 0.3) is 0 Å². The molecule has 1 aliphatic heterocycles. The monoisotopic (exact) mass is 251 g/mol. The van der Waals surface area contributed by atoms with E-state index in [1.54, 1.807) is 11.3 Å². The van der Waals surface area contributed by atoms with Gasteiger partial charge in [0.1, 0.15) is 5.01 Å². The molecule has 1 aliphatic carbocycles. The lowest BCUT2D eigenvalue weighted by Gasteiger charge is -2.33. The zero-order valence-corrected chi connectivity index (χ0v) is 11.2. The predicted molar refractivity (Wildman–Crippen MR) is 71.3 cm³/mol. The maximum absolute atomic E-state index is 4.38. The van der Waals surface area contributed by atoms with E-state index in [1.165, 1.54) is 43.8 Å². The van der Waals surface area contributed by atoms with E-state index in [2.05, 4.69) is 27.5 Å². The number of likely N-dealkylation sites (tertiary alicyclic amines) is 1. The first kappa shape index (κ1) is 11.6. The fourth-order valence-electron chi connectivity index (χ4n) is 2.74. The minimum atomic E-state index is 0.410. The molecule has 4 heteroatoms. The van der Waals surface area contributed by atoms with Crippen LogP contribution in [0.4, 0.5) is 0 Å². The summed E-state index contributed by atoms with van der Waals surface area (Å²) < 4.78 is 0. The van der Waals surface area contributed by atoms with Crippen molar-refractivity contribution in [1.29, 1.82) is 0 Å². The molecule has 3 rings (SSSR count). The minimum Gasteiger partial charge on any atom is -0.305 e. The van der Waals surface area contributed by atoms with Gasteiger partial charge in [-0.05, 0) is 45.7 Å². The molecule has 17 heavy (non-hydrogen) atoms. The Labute approximate surface area is 107 Å². The first-order valence-electron chi connectivity index (χ1n) is 6.72. The zero-order chi connectivity index (χ0) is 11.7. The van der Waals surface area contributed by atoms with Gasteiger partial charge >= 0.3 is 0 Å². The van der Waals surface area contributed by atoms with E-state index >= 15 is 0 Å². The van der Waals surface area contributed by atoms with Gasteiger partial charge in [0.2, 0.25) is 0 Å². The Balaban J connectivity index is 1.46. The summed E-state index contributed by atoms with van der Waals surface area (Å²) in [5, 5.41) is 7.00. The lowest BCUT2D eigenvalue weighted by Crippen LogP contribution is -2.43. The van der Waals surface area contributed by atoms with Crippen molar-refractivity contribution in [1.82, 2.24) is 15.2 Å². The number of nitrogens with zero attached hydrogens (tertiary/aromatic N) is 2. The third-order valence-electron chi connectivity index (χ3n) is 3.90. The molecule has 0 radical (unpaired) electrons. The van der Waals surface area contributed by atoms with Crippen molar-refractivity contribution in [2.75, 3.05) is 13.1 Å². The molecular weight excluding hydrogens is 230 g/mol. The van der Waals surface area contributed by atoms with Gasteiger partial charge < -0.3 is 10.2 Å². The number of nitrogens with one attached hydrogen (secondary N) is 1. The van der Waals surface area contributed by atoms with Crippen LogP contribution in [0.2, 0.25) is 0 Å². The number of hydrogen-bond donors (Lipinski definition) is 1. The molecule has 94 valence electrons. The average Bonchev–Trinajstić information content (AvgIpc) is 3.05. The third-order valence-corrected chi connectivity index (χ3v) is 4.86. The van der Waals surface area contributed by atoms with Crippen molar-refractivity contribution in [2.24, 2.45) is 0 Å². The molecule has 1 N–H and O–H groups in total. The van der Waals surface area contributed by atoms with Gasteiger partial charge in [-0.3, -0.25) is 0 Å². The maximum atomic E-state index is 4.38. The summed E-state index contributed by atoms with van der Waals surface area (Å²) in [5.41, 5.74) is 0. The Hall–Kier alpha value is -0.450. The van der Waals surface area contributed by atoms with Crippen molar-refractivity contribution < 1.29 is 0 Å². The highest BCUT2D eigenvalue weighted by Crippen LogP contribution is 2.29. The molecule has 2 aliphatic rings. The van der Waals surface area contributed by atoms with Crippen molar-refractivity contribution in [3.05, 3.63) is 16.6 Å². The van der Waals surface area contributed by atoms with E-state index in [9.17, 15) is 0 Å². The van der Waals surface area contributed by atoms with Gasteiger partial charge in [-0.25, -0.2) is 4.98 Å². The molecule has 1 atom stereocenters. The van der Waals surface area contributed by atoms with E-state index in [-0.39, 0.29) is 0 Å². The quantitative estimate of drug-likeness (QED) is 0.891. The third kappa shape index (κ3) is 2.87. The van der Waals surface area contributed by atoms with Crippen LogP contribution in [0.1, 0.15) is 43.7 Å². The number of aromatic nitrogens is 1. The first-order chi connectivity index (χ1) is 8.33. The summed E-state index contributed by atoms with van der Waals surface area (Å²) in [6, 6.07) is 2.03. The molecule has 0 amide bonds. The van der Waals surface area contributed by atoms with Crippen molar-refractivity contribution >= 4 is 11.3 Å². The van der Waals surface area contributed by atoms with Crippen molar-refractivity contribution in [2.45, 2.75) is 50.7 Å². The zero-order valence-electron chi connectivity index (χ0n) is 10.4. The molecule has 1 aromatic heterocycles. The Morgan fingerprint density at radius 3 is 2.71 bits per heavy atom. The Morgan fingerprint density at radius 2 is 2.12 bits per heavy atom. The molecule has 2 heterocycles. The van der Waals surface area contributed by atoms with Gasteiger partial charge in [0.25, 0.3) is 0 Å². The van der Waals surface area contributed by atoms with Gasteiger partial charge in [0, 0.05) is 23.7 Å². The first-order valence-corrected chi connectivity index (χ1v) is 7.60. The smallest absolute Gasteiger partial charge is 0.109 e. The fraction of sp³-hybridized carbons (Fsp3) is 0.769. The predicted octanol–water partition coefficient (Wildman–Crippen LogP) is 2.42. The van der Waals surface area contributed by atoms with Crippen molar-refractivity contribution in [3.8, 4) is 0 Å². The summed E-state index contributed by atoms with van der Waals surface area (Å²) in [6.07, 6.45) is 7.37. The summed E-state index contributed by atoms with van der Waals surface area (Å²) in [4.78, 5) is 7.05. The van der Waals surface area contributed by atoms with Crippen LogP contribution in [-0.4, -0.2) is 35.1 Å². The molecular formula is C13H21N3S. The van der Waals surface area contributed by atoms with Crippen LogP contribution in [0.5, 0.6) is 0 Å². The Morgan fingerprint density at radius 1 is 1.35 bits per heavy atom. The number of thiazole rings is 1. The largest absolute Gasteiger partial charge is 0.305 e. The fourth-order valence-corrected chi connectivity index (χ4v) is 3.40. The van der Waals surface area contributed by atoms with Crippen LogP contribution in [-0.2, 0) is 0 Å². The van der Waals surface area contributed by atoms with E-state index in [4.69, 9.17) is 0 Å². The second-order valence-electron chi connectivity index (χ2n) is 5.30. The summed E-state index contributed by atoms with van der Waals surface area (Å²) in [7, 11) is 0. The van der Waals surface area contributed by atoms with Crippen LogP contribution in [0.3, 0.4) is 0 Å². The van der Waals surface area contributed by atoms with Crippen LogP contribution in [0, 0.1) is 0 Å². The Kier molecular flexibility index (Phi) is 3.45. The van der Waals surface area contributed by atoms with Crippen LogP contribution < -0.4 is 5.32 Å². The van der Waals surface area contributed by atoms with E-state index in [1.807, 2.05) is 6.20 Å². The highest BCUT2D eigenvalue weighted by atomic mass is 32.1. The van der Waals surface area contributed by atoms with Gasteiger partial charge in [0.15, 0.2) is 0 Å². The minimum absolute atomic E-state index is 0.410. The lowest BCUT2D eigenvalue weighted by atomic mass is 10.0. The van der Waals surface area contributed by atoms with E-state index < -0.39 is 0 Å². The van der Waals surface area contributed by atoms with Crippen LogP contribution >= 0.6 is 11.3 Å². The second-order valence-corrected chi connectivity index (χ2v) is 6.23. The van der Waals surface area contributed by atoms with Gasteiger partial charge in [0.05, 0.1) is 6.04 Å². The van der Waals surface area contributed by atoms with Gasteiger partial charge in [-0.1, -0.05) is 0 Å². The number of rotatable bonds is 4. The molecule has 0 spiro atoms. The topological polar surface area (TPSA) is 28.2 Å². The molecule has 2 fully saturated rings. The number of piperidine rings is 1. The van der Waals surface area contributed by atoms with Gasteiger partial charge in [-0.15, -0.1) is 11.3 Å². The average molecular weight is 251 g/mol. The summed E-state index contributed by atoms with van der Waals surface area (Å²) in [5.74, 6) is 0. The SMILES string of the molecule is CC(NC1CCN(C2CC2)CC1)c1nccs1. The maximum Gasteiger partial charge on any atom is 0.109 e. The standard InChI is InChI=1S/C13H21N3S/c1-10(13-14-6-9-17-13)15-11-4-7-16(8-5-11)12-2-3-12/h6,9-12,15H,2-5,7-8H2,1H3. The molecule has 1 aromatic rings. The lowest BCUT2D eigenvalue weighted by molar-refractivity contribution is 0.184. The molecule has 0 aromatic carbocycles. The van der Waals surface area contributed by atoms with E-state index in [0.717, 1.165) is 6.04 Å².